The molecule has 0 bridgehead atoms. The van der Waals surface area contributed by atoms with E-state index in [0.717, 1.165) is 63.2 Å². The molecule has 0 radical (unpaired) electrons. The van der Waals surface area contributed by atoms with Crippen molar-refractivity contribution in [2.24, 2.45) is 0 Å². The summed E-state index contributed by atoms with van der Waals surface area (Å²) in [5.74, 6) is 0. The van der Waals surface area contributed by atoms with Crippen molar-refractivity contribution < 1.29 is 4.42 Å². The zero-order valence-electron chi connectivity index (χ0n) is 45.8. The van der Waals surface area contributed by atoms with Gasteiger partial charge in [-0.15, -0.1) is 0 Å². The topological polar surface area (TPSA) is 33.3 Å². The molecule has 0 spiro atoms. The highest BCUT2D eigenvalue weighted by Crippen LogP contribution is 2.45. The Hall–Kier alpha value is -7.76. The van der Waals surface area contributed by atoms with Gasteiger partial charge in [-0.05, 0) is 145 Å². The minimum Gasteiger partial charge on any atom is -0.454 e. The number of nitrogens with zero attached hydrogens (tertiary/aromatic N) is 2. The van der Waals surface area contributed by atoms with Crippen molar-refractivity contribution in [3.63, 3.8) is 0 Å². The maximum atomic E-state index is 6.76. The normalized spacial score (nSPS) is 12.9. The summed E-state index contributed by atoms with van der Waals surface area (Å²) < 4.78 is 9.35. The number of anilines is 5. The van der Waals surface area contributed by atoms with Crippen molar-refractivity contribution in [3.05, 3.63) is 204 Å². The summed E-state index contributed by atoms with van der Waals surface area (Å²) in [7, 11) is 0.787. The van der Waals surface area contributed by atoms with Gasteiger partial charge in [0, 0.05) is 61.1 Å². The van der Waals surface area contributed by atoms with Gasteiger partial charge < -0.3 is 19.2 Å². The third kappa shape index (κ3) is 8.51. The van der Waals surface area contributed by atoms with Crippen LogP contribution in [0.15, 0.2) is 186 Å². The van der Waals surface area contributed by atoms with Gasteiger partial charge in [0.05, 0.1) is 11.2 Å². The van der Waals surface area contributed by atoms with Gasteiger partial charge in [0.15, 0.2) is 12.9 Å². The standard InChI is InChI=1S/C70H68BN3O/c1-67(2,3)45-25-30-49(31-26-45)73(50-32-27-46(28-33-50)68(4,5)6)51-34-35-52(60(42-51)72-59-23-18-22-54-53-21-16-17-24-63(53)75-66(54)59)56-37-44(43-19-14-13-15-20-43)38-62-64(56)71-58-41-48(70(10,11)12)40-57-55-39-47(69(7,8)9)29-36-61(55)74(62)65(57)58/h13-42,71-72H,1-12H3. The van der Waals surface area contributed by atoms with E-state index in [4.69, 9.17) is 4.42 Å². The van der Waals surface area contributed by atoms with Crippen molar-refractivity contribution in [1.82, 2.24) is 4.57 Å². The molecule has 75 heavy (non-hydrogen) atoms. The molecule has 0 atom stereocenters. The fourth-order valence-corrected chi connectivity index (χ4v) is 11.5. The molecule has 0 saturated carbocycles. The predicted octanol–water partition coefficient (Wildman–Crippen LogP) is 18.1. The van der Waals surface area contributed by atoms with Crippen molar-refractivity contribution >= 4 is 90.4 Å². The second-order valence-corrected chi connectivity index (χ2v) is 25.2. The van der Waals surface area contributed by atoms with Crippen LogP contribution in [-0.2, 0) is 21.7 Å². The molecule has 1 aliphatic rings. The highest BCUT2D eigenvalue weighted by molar-refractivity contribution is 6.73. The molecule has 372 valence electrons. The Balaban J connectivity index is 1.14. The van der Waals surface area contributed by atoms with Crippen LogP contribution < -0.4 is 21.1 Å². The molecule has 0 amide bonds. The summed E-state index contributed by atoms with van der Waals surface area (Å²) >= 11 is 0. The molecule has 12 rings (SSSR count). The van der Waals surface area contributed by atoms with Crippen LogP contribution in [0.3, 0.4) is 0 Å². The summed E-state index contributed by atoms with van der Waals surface area (Å²) in [6.07, 6.45) is 0. The van der Waals surface area contributed by atoms with Crippen molar-refractivity contribution in [3.8, 4) is 27.9 Å². The number of fused-ring (bicyclic) bond motifs is 8. The lowest BCUT2D eigenvalue weighted by Crippen LogP contribution is -2.38. The molecular formula is C70H68BN3O. The molecule has 5 heteroatoms. The molecule has 0 unspecified atom stereocenters. The summed E-state index contributed by atoms with van der Waals surface area (Å²) in [5, 5.41) is 8.90. The number of para-hydroxylation sites is 2. The van der Waals surface area contributed by atoms with Crippen LogP contribution in [-0.4, -0.2) is 11.8 Å². The molecule has 1 N–H and O–H groups in total. The van der Waals surface area contributed by atoms with E-state index in [1.165, 1.54) is 77.4 Å². The number of aromatic nitrogens is 1. The SMILES string of the molecule is CC(C)(C)c1ccc(N(c2ccc(C(C)(C)C)cc2)c2ccc(-c3cc(-c4ccccc4)cc4c3Bc3cc(C(C)(C)C)cc5c6cc(C(C)(C)C)ccc6n-4c35)c(Nc3cccc4c3oc3ccccc34)c2)cc1. The van der Waals surface area contributed by atoms with Gasteiger partial charge in [-0.2, -0.15) is 0 Å². The van der Waals surface area contributed by atoms with E-state index in [1.807, 2.05) is 6.07 Å². The molecule has 0 fully saturated rings. The van der Waals surface area contributed by atoms with E-state index >= 15 is 0 Å². The quantitative estimate of drug-likeness (QED) is 0.162. The highest BCUT2D eigenvalue weighted by Gasteiger charge is 2.31. The third-order valence-corrected chi connectivity index (χ3v) is 15.8. The van der Waals surface area contributed by atoms with E-state index in [2.05, 4.69) is 274 Å². The summed E-state index contributed by atoms with van der Waals surface area (Å²) in [6.45, 7) is 27.7. The van der Waals surface area contributed by atoms with Crippen LogP contribution in [0, 0.1) is 0 Å². The first-order chi connectivity index (χ1) is 35.7. The Morgan fingerprint density at radius 3 is 1.67 bits per heavy atom. The fraction of sp³-hybridized carbons (Fsp3) is 0.229. The number of rotatable bonds is 7. The lowest BCUT2D eigenvalue weighted by Gasteiger charge is -2.30. The first-order valence-corrected chi connectivity index (χ1v) is 26.9. The lowest BCUT2D eigenvalue weighted by atomic mass is 9.58. The number of hydrogen-bond acceptors (Lipinski definition) is 3. The first kappa shape index (κ1) is 48.2. The van der Waals surface area contributed by atoms with Crippen molar-refractivity contribution in [2.45, 2.75) is 105 Å². The maximum absolute atomic E-state index is 6.76. The van der Waals surface area contributed by atoms with Gasteiger partial charge >= 0.3 is 0 Å². The minimum absolute atomic E-state index is 0.00240. The van der Waals surface area contributed by atoms with Gasteiger partial charge in [-0.3, -0.25) is 0 Å². The molecule has 4 nitrogen and oxygen atoms in total. The largest absolute Gasteiger partial charge is 0.454 e. The molecule has 9 aromatic carbocycles. The van der Waals surface area contributed by atoms with Gasteiger partial charge in [-0.1, -0.05) is 192 Å². The van der Waals surface area contributed by atoms with Crippen LogP contribution in [0.4, 0.5) is 28.4 Å². The molecule has 2 aromatic heterocycles. The molecule has 3 heterocycles. The lowest BCUT2D eigenvalue weighted by molar-refractivity contribution is 0.590. The van der Waals surface area contributed by atoms with Gasteiger partial charge in [0.1, 0.15) is 5.58 Å². The average Bonchev–Trinajstić information content (AvgIpc) is 3.99. The van der Waals surface area contributed by atoms with E-state index in [-0.39, 0.29) is 21.7 Å². The number of nitrogens with one attached hydrogen (secondary N) is 1. The molecule has 0 saturated heterocycles. The van der Waals surface area contributed by atoms with Gasteiger partial charge in [-0.25, -0.2) is 0 Å². The molecule has 1 aliphatic heterocycles. The number of furan rings is 1. The second-order valence-electron chi connectivity index (χ2n) is 25.2. The van der Waals surface area contributed by atoms with Crippen LogP contribution in [0.2, 0.25) is 0 Å². The second kappa shape index (κ2) is 17.4. The van der Waals surface area contributed by atoms with Crippen LogP contribution in [0.5, 0.6) is 0 Å². The average molecular weight is 978 g/mol. The van der Waals surface area contributed by atoms with Gasteiger partial charge in [0.2, 0.25) is 0 Å². The Kier molecular flexibility index (Phi) is 11.2. The zero-order valence-corrected chi connectivity index (χ0v) is 45.8. The van der Waals surface area contributed by atoms with E-state index < -0.39 is 0 Å². The zero-order chi connectivity index (χ0) is 52.3. The third-order valence-electron chi connectivity index (χ3n) is 15.8. The highest BCUT2D eigenvalue weighted by atomic mass is 16.3. The molecular weight excluding hydrogens is 910 g/mol. The van der Waals surface area contributed by atoms with Crippen molar-refractivity contribution in [2.75, 3.05) is 10.2 Å². The summed E-state index contributed by atoms with van der Waals surface area (Å²) in [6, 6.07) is 68.1. The van der Waals surface area contributed by atoms with Crippen LogP contribution in [0.25, 0.3) is 71.7 Å². The Morgan fingerprint density at radius 2 is 1.01 bits per heavy atom. The van der Waals surface area contributed by atoms with E-state index in [0.29, 0.717) is 0 Å². The molecule has 0 aliphatic carbocycles. The fourth-order valence-electron chi connectivity index (χ4n) is 11.5. The number of hydrogen-bond donors (Lipinski definition) is 1. The van der Waals surface area contributed by atoms with E-state index in [1.54, 1.807) is 0 Å². The van der Waals surface area contributed by atoms with Crippen LogP contribution in [0.1, 0.15) is 105 Å². The maximum Gasteiger partial charge on any atom is 0.198 e. The minimum atomic E-state index is -0.0440. The number of benzene rings is 9. The Labute approximate surface area is 444 Å². The Morgan fingerprint density at radius 1 is 0.427 bits per heavy atom. The van der Waals surface area contributed by atoms with Crippen LogP contribution >= 0.6 is 0 Å². The summed E-state index contributed by atoms with van der Waals surface area (Å²) in [4.78, 5) is 2.41. The predicted molar refractivity (Wildman–Crippen MR) is 325 cm³/mol. The first-order valence-electron chi connectivity index (χ1n) is 26.9. The molecule has 11 aromatic rings. The van der Waals surface area contributed by atoms with Crippen molar-refractivity contribution in [1.29, 1.82) is 0 Å². The monoisotopic (exact) mass is 978 g/mol. The van der Waals surface area contributed by atoms with Gasteiger partial charge in [0.25, 0.3) is 0 Å². The smallest absolute Gasteiger partial charge is 0.198 e. The Bertz CT molecular complexity index is 3960. The summed E-state index contributed by atoms with van der Waals surface area (Å²) in [5.41, 5.74) is 23.2. The van der Waals surface area contributed by atoms with E-state index in [9.17, 15) is 0 Å².